The Bertz CT molecular complexity index is 620. The molecule has 0 aliphatic heterocycles. The van der Waals surface area contributed by atoms with Crippen LogP contribution in [0.2, 0.25) is 0 Å². The van der Waals surface area contributed by atoms with Crippen LogP contribution >= 0.6 is 0 Å². The molecule has 4 heteroatoms. The van der Waals surface area contributed by atoms with Gasteiger partial charge in [-0.25, -0.2) is 0 Å². The quantitative estimate of drug-likeness (QED) is 0.254. The fraction of sp³-hybridized carbons (Fsp3) is 0.692. The number of carboxylic acids is 1. The third-order valence-electron chi connectivity index (χ3n) is 6.42. The van der Waals surface area contributed by atoms with Crippen molar-refractivity contribution in [2.45, 2.75) is 109 Å². The molecule has 1 saturated carbocycles. The maximum atomic E-state index is 12.6. The van der Waals surface area contributed by atoms with E-state index in [0.717, 1.165) is 12.8 Å². The highest BCUT2D eigenvalue weighted by Crippen LogP contribution is 2.32. The van der Waals surface area contributed by atoms with Crippen molar-refractivity contribution in [3.8, 4) is 0 Å². The highest BCUT2D eigenvalue weighted by molar-refractivity contribution is 5.98. The van der Waals surface area contributed by atoms with E-state index in [1.165, 1.54) is 76.2 Å². The Morgan fingerprint density at radius 3 is 2.13 bits per heavy atom. The maximum Gasteiger partial charge on any atom is 0.321 e. The summed E-state index contributed by atoms with van der Waals surface area (Å²) in [6.07, 6.45) is 16.1. The van der Waals surface area contributed by atoms with E-state index in [-0.39, 0.29) is 12.2 Å². The number of carbonyl (C=O) groups excluding carboxylic acids is 1. The van der Waals surface area contributed by atoms with Gasteiger partial charge in [0, 0.05) is 12.0 Å². The van der Waals surface area contributed by atoms with Gasteiger partial charge in [0.05, 0.1) is 0 Å². The number of nitrogens with one attached hydrogen (secondary N) is 1. The third-order valence-corrected chi connectivity index (χ3v) is 6.42. The lowest BCUT2D eigenvalue weighted by Crippen LogP contribution is -2.39. The number of Topliss-reactive ketones (excluding diaryl/α,β-unsaturated/α-hetero) is 1. The molecule has 30 heavy (non-hydrogen) atoms. The summed E-state index contributed by atoms with van der Waals surface area (Å²) < 4.78 is 0. The molecule has 168 valence electrons. The Hall–Kier alpha value is -1.68. The summed E-state index contributed by atoms with van der Waals surface area (Å²) in [6, 6.07) is 7.08. The molecule has 0 bridgehead atoms. The van der Waals surface area contributed by atoms with Crippen molar-refractivity contribution >= 4 is 11.8 Å². The highest BCUT2D eigenvalue weighted by Gasteiger charge is 2.22. The van der Waals surface area contributed by atoms with Gasteiger partial charge in [0.25, 0.3) is 0 Å². The molecule has 1 aliphatic rings. The predicted molar refractivity (Wildman–Crippen MR) is 123 cm³/mol. The minimum absolute atomic E-state index is 0.00905. The predicted octanol–water partition coefficient (Wildman–Crippen LogP) is 6.49. The topological polar surface area (TPSA) is 66.4 Å². The SMILES string of the molecule is CCCCCCCCCCN[C@H](CC(=O)c1ccc(C2CCCCC2)cc1)C(=O)O. The van der Waals surface area contributed by atoms with Crippen molar-refractivity contribution in [2.24, 2.45) is 0 Å². The molecule has 1 aliphatic carbocycles. The Morgan fingerprint density at radius 1 is 0.933 bits per heavy atom. The molecule has 0 heterocycles. The van der Waals surface area contributed by atoms with Gasteiger partial charge in [-0.15, -0.1) is 0 Å². The average molecular weight is 416 g/mol. The van der Waals surface area contributed by atoms with Gasteiger partial charge in [0.15, 0.2) is 5.78 Å². The van der Waals surface area contributed by atoms with E-state index in [1.807, 2.05) is 12.1 Å². The first-order valence-corrected chi connectivity index (χ1v) is 12.2. The second kappa shape index (κ2) is 14.3. The monoisotopic (exact) mass is 415 g/mol. The van der Waals surface area contributed by atoms with Crippen LogP contribution in [0.3, 0.4) is 0 Å². The number of benzene rings is 1. The Balaban J connectivity index is 1.70. The molecule has 2 N–H and O–H groups in total. The summed E-state index contributed by atoms with van der Waals surface area (Å²) >= 11 is 0. The van der Waals surface area contributed by atoms with Gasteiger partial charge in [0.2, 0.25) is 0 Å². The zero-order chi connectivity index (χ0) is 21.6. The van der Waals surface area contributed by atoms with Crippen LogP contribution in [0, 0.1) is 0 Å². The van der Waals surface area contributed by atoms with Crippen molar-refractivity contribution in [3.63, 3.8) is 0 Å². The largest absolute Gasteiger partial charge is 0.480 e. The van der Waals surface area contributed by atoms with E-state index >= 15 is 0 Å². The van der Waals surface area contributed by atoms with Gasteiger partial charge in [-0.1, -0.05) is 95.4 Å². The van der Waals surface area contributed by atoms with Crippen molar-refractivity contribution in [1.82, 2.24) is 5.32 Å². The van der Waals surface area contributed by atoms with Crippen LogP contribution in [-0.4, -0.2) is 29.4 Å². The fourth-order valence-corrected chi connectivity index (χ4v) is 4.46. The lowest BCUT2D eigenvalue weighted by atomic mass is 9.84. The van der Waals surface area contributed by atoms with E-state index in [1.54, 1.807) is 0 Å². The van der Waals surface area contributed by atoms with Gasteiger partial charge >= 0.3 is 5.97 Å². The summed E-state index contributed by atoms with van der Waals surface area (Å²) in [5, 5.41) is 12.6. The van der Waals surface area contributed by atoms with E-state index in [0.29, 0.717) is 18.0 Å². The molecular formula is C26H41NO3. The van der Waals surface area contributed by atoms with Crippen LogP contribution in [0.25, 0.3) is 0 Å². The molecular weight excluding hydrogens is 374 g/mol. The Kier molecular flexibility index (Phi) is 11.8. The third kappa shape index (κ3) is 8.99. The minimum Gasteiger partial charge on any atom is -0.480 e. The van der Waals surface area contributed by atoms with Crippen LogP contribution in [0.5, 0.6) is 0 Å². The summed E-state index contributed by atoms with van der Waals surface area (Å²) in [5.41, 5.74) is 1.93. The molecule has 0 radical (unpaired) electrons. The first-order chi connectivity index (χ1) is 14.6. The van der Waals surface area contributed by atoms with Crippen LogP contribution in [0.1, 0.15) is 119 Å². The van der Waals surface area contributed by atoms with Crippen molar-refractivity contribution < 1.29 is 14.7 Å². The highest BCUT2D eigenvalue weighted by atomic mass is 16.4. The number of aliphatic carboxylic acids is 1. The van der Waals surface area contributed by atoms with Gasteiger partial charge in [-0.05, 0) is 37.3 Å². The standard InChI is InChI=1S/C26H41NO3/c1-2-3-4-5-6-7-8-12-19-27-24(26(29)30)20-25(28)23-17-15-22(16-18-23)21-13-10-9-11-14-21/h15-18,21,24,27H,2-14,19-20H2,1H3,(H,29,30)/t24-/m1/s1. The van der Waals surface area contributed by atoms with E-state index < -0.39 is 12.0 Å². The van der Waals surface area contributed by atoms with Crippen molar-refractivity contribution in [2.75, 3.05) is 6.54 Å². The number of hydrogen-bond donors (Lipinski definition) is 2. The normalized spacial score (nSPS) is 15.8. The molecule has 1 atom stereocenters. The summed E-state index contributed by atoms with van der Waals surface area (Å²) in [5.74, 6) is -0.425. The molecule has 0 spiro atoms. The van der Waals surface area contributed by atoms with E-state index in [9.17, 15) is 14.7 Å². The second-order valence-electron chi connectivity index (χ2n) is 8.90. The number of rotatable bonds is 15. The van der Waals surface area contributed by atoms with Gasteiger partial charge in [-0.2, -0.15) is 0 Å². The number of unbranched alkanes of at least 4 members (excludes halogenated alkanes) is 7. The number of ketones is 1. The van der Waals surface area contributed by atoms with Crippen LogP contribution in [0.4, 0.5) is 0 Å². The second-order valence-corrected chi connectivity index (χ2v) is 8.90. The summed E-state index contributed by atoms with van der Waals surface area (Å²) in [7, 11) is 0. The first-order valence-electron chi connectivity index (χ1n) is 12.2. The zero-order valence-electron chi connectivity index (χ0n) is 18.8. The lowest BCUT2D eigenvalue weighted by Gasteiger charge is -2.22. The zero-order valence-corrected chi connectivity index (χ0v) is 18.8. The van der Waals surface area contributed by atoms with Gasteiger partial charge in [0.1, 0.15) is 6.04 Å². The molecule has 1 fully saturated rings. The summed E-state index contributed by atoms with van der Waals surface area (Å²) in [6.45, 7) is 2.88. The molecule has 0 unspecified atom stereocenters. The van der Waals surface area contributed by atoms with Crippen molar-refractivity contribution in [1.29, 1.82) is 0 Å². The minimum atomic E-state index is -0.943. The number of carbonyl (C=O) groups is 2. The Labute approximate surface area is 182 Å². The number of hydrogen-bond acceptors (Lipinski definition) is 3. The van der Waals surface area contributed by atoms with Crippen LogP contribution < -0.4 is 5.32 Å². The van der Waals surface area contributed by atoms with Crippen LogP contribution in [0.15, 0.2) is 24.3 Å². The smallest absolute Gasteiger partial charge is 0.321 e. The Morgan fingerprint density at radius 2 is 1.53 bits per heavy atom. The fourth-order valence-electron chi connectivity index (χ4n) is 4.46. The average Bonchev–Trinajstić information content (AvgIpc) is 2.77. The van der Waals surface area contributed by atoms with Gasteiger partial charge in [-0.3, -0.25) is 9.59 Å². The molecule has 1 aromatic carbocycles. The van der Waals surface area contributed by atoms with Gasteiger partial charge < -0.3 is 10.4 Å². The molecule has 0 amide bonds. The lowest BCUT2D eigenvalue weighted by molar-refractivity contribution is -0.139. The van der Waals surface area contributed by atoms with E-state index in [2.05, 4.69) is 24.4 Å². The number of carboxylic acid groups (broad SMARTS) is 1. The molecule has 4 nitrogen and oxygen atoms in total. The molecule has 2 rings (SSSR count). The summed E-state index contributed by atoms with van der Waals surface area (Å²) in [4.78, 5) is 24.2. The molecule has 1 aromatic rings. The van der Waals surface area contributed by atoms with Crippen LogP contribution in [-0.2, 0) is 4.79 Å². The first kappa shape index (κ1) is 24.6. The maximum absolute atomic E-state index is 12.6. The van der Waals surface area contributed by atoms with Crippen molar-refractivity contribution in [3.05, 3.63) is 35.4 Å². The molecule has 0 aromatic heterocycles. The molecule has 0 saturated heterocycles. The van der Waals surface area contributed by atoms with E-state index in [4.69, 9.17) is 0 Å².